The van der Waals surface area contributed by atoms with Crippen LogP contribution in [0.15, 0.2) is 54.7 Å². The van der Waals surface area contributed by atoms with Gasteiger partial charge in [0, 0.05) is 23.0 Å². The highest BCUT2D eigenvalue weighted by Crippen LogP contribution is 2.30. The molecule has 2 aromatic carbocycles. The first kappa shape index (κ1) is 15.6. The van der Waals surface area contributed by atoms with Gasteiger partial charge in [-0.05, 0) is 25.1 Å². The van der Waals surface area contributed by atoms with Gasteiger partial charge in [0.05, 0.1) is 18.0 Å². The van der Waals surface area contributed by atoms with Crippen LogP contribution in [0.3, 0.4) is 0 Å². The molecule has 2 heterocycles. The predicted octanol–water partition coefficient (Wildman–Crippen LogP) is 3.94. The summed E-state index contributed by atoms with van der Waals surface area (Å²) in [6.07, 6.45) is 3.79. The predicted molar refractivity (Wildman–Crippen MR) is 96.2 cm³/mol. The zero-order valence-electron chi connectivity index (χ0n) is 13.9. The Morgan fingerprint density at radius 1 is 1.12 bits per heavy atom. The van der Waals surface area contributed by atoms with Crippen LogP contribution in [0, 0.1) is 12.7 Å². The summed E-state index contributed by atoms with van der Waals surface area (Å²) in [7, 11) is 0. The highest BCUT2D eigenvalue weighted by atomic mass is 19.1. The first-order chi connectivity index (χ1) is 12.2. The van der Waals surface area contributed by atoms with Crippen LogP contribution in [0.1, 0.15) is 17.1 Å². The maximum Gasteiger partial charge on any atom is 0.136 e. The number of aliphatic hydroxyl groups excluding tert-OH is 1. The molecule has 3 aromatic rings. The maximum atomic E-state index is 14.0. The van der Waals surface area contributed by atoms with Crippen molar-refractivity contribution in [2.24, 2.45) is 0 Å². The van der Waals surface area contributed by atoms with Crippen LogP contribution in [0.5, 0.6) is 0 Å². The van der Waals surface area contributed by atoms with E-state index >= 15 is 0 Å². The van der Waals surface area contributed by atoms with Crippen molar-refractivity contribution < 1.29 is 9.50 Å². The van der Waals surface area contributed by atoms with Crippen molar-refractivity contribution in [2.75, 3.05) is 4.90 Å². The molecule has 1 N–H and O–H groups in total. The highest BCUT2D eigenvalue weighted by molar-refractivity contribution is 5.67. The van der Waals surface area contributed by atoms with E-state index in [0.29, 0.717) is 17.9 Å². The summed E-state index contributed by atoms with van der Waals surface area (Å²) < 4.78 is 16.1. The second-order valence-electron chi connectivity index (χ2n) is 6.02. The Labute approximate surface area is 145 Å². The number of nitrogens with zero attached hydrogens (tertiary/aromatic N) is 3. The smallest absolute Gasteiger partial charge is 0.136 e. The molecule has 0 amide bonds. The van der Waals surface area contributed by atoms with Crippen molar-refractivity contribution in [3.8, 4) is 11.3 Å². The van der Waals surface area contributed by atoms with Gasteiger partial charge in [-0.25, -0.2) is 9.37 Å². The van der Waals surface area contributed by atoms with Gasteiger partial charge in [-0.3, -0.25) is 0 Å². The lowest BCUT2D eigenvalue weighted by Crippen LogP contribution is -2.26. The highest BCUT2D eigenvalue weighted by Gasteiger charge is 2.21. The van der Waals surface area contributed by atoms with Gasteiger partial charge in [0.2, 0.25) is 0 Å². The normalized spacial score (nSPS) is 13.2. The van der Waals surface area contributed by atoms with Gasteiger partial charge >= 0.3 is 0 Å². The molecule has 0 aliphatic carbocycles. The van der Waals surface area contributed by atoms with E-state index in [0.717, 1.165) is 22.8 Å². The van der Waals surface area contributed by atoms with Gasteiger partial charge in [-0.15, -0.1) is 0 Å². The fourth-order valence-corrected chi connectivity index (χ4v) is 3.22. The van der Waals surface area contributed by atoms with E-state index < -0.39 is 5.82 Å². The average molecular weight is 335 g/mol. The first-order valence-electron chi connectivity index (χ1n) is 8.14. The van der Waals surface area contributed by atoms with Gasteiger partial charge in [-0.2, -0.15) is 0 Å². The van der Waals surface area contributed by atoms with Crippen LogP contribution in [-0.2, 0) is 13.3 Å². The Hall–Kier alpha value is -2.92. The number of rotatable bonds is 3. The van der Waals surface area contributed by atoms with E-state index in [9.17, 15) is 9.50 Å². The summed E-state index contributed by atoms with van der Waals surface area (Å²) in [5, 5.41) is 9.52. The lowest BCUT2D eigenvalue weighted by molar-refractivity contribution is 0.276. The lowest BCUT2D eigenvalue weighted by Gasteiger charge is -2.27. The van der Waals surface area contributed by atoms with Gasteiger partial charge in [-0.1, -0.05) is 36.4 Å². The van der Waals surface area contributed by atoms with Crippen molar-refractivity contribution >= 4 is 11.8 Å². The van der Waals surface area contributed by atoms with Gasteiger partial charge in [0.1, 0.15) is 18.3 Å². The van der Waals surface area contributed by atoms with Crippen molar-refractivity contribution in [3.63, 3.8) is 0 Å². The molecule has 25 heavy (non-hydrogen) atoms. The second kappa shape index (κ2) is 6.18. The van der Waals surface area contributed by atoms with Crippen LogP contribution >= 0.6 is 0 Å². The minimum absolute atomic E-state index is 0.302. The molecule has 0 saturated heterocycles. The van der Waals surface area contributed by atoms with Crippen LogP contribution in [0.25, 0.3) is 17.3 Å². The summed E-state index contributed by atoms with van der Waals surface area (Å²) in [6, 6.07) is 14.9. The molecule has 4 nitrogen and oxygen atoms in total. The molecule has 1 aliphatic heterocycles. The van der Waals surface area contributed by atoms with Crippen molar-refractivity contribution in [1.29, 1.82) is 0 Å². The number of aromatic nitrogens is 2. The first-order valence-corrected chi connectivity index (χ1v) is 8.14. The third-order valence-electron chi connectivity index (χ3n) is 4.56. The standard InChI is InChI=1S/C20H18FN3O/c1-14-20(15-6-3-2-4-7-15)22-19-10-11-23(13-24(14)19)18-9-5-8-17(21)16(18)12-25/h2-11,25H,12-13H2,1H3. The molecule has 0 spiro atoms. The van der Waals surface area contributed by atoms with Gasteiger partial charge < -0.3 is 14.6 Å². The number of fused-ring (bicyclic) bond motifs is 1. The van der Waals surface area contributed by atoms with E-state index in [2.05, 4.69) is 4.57 Å². The van der Waals surface area contributed by atoms with E-state index in [4.69, 9.17) is 4.98 Å². The SMILES string of the molecule is Cc1c(-c2ccccc2)nc2n1CN(c1cccc(F)c1CO)C=C2. The molecular weight excluding hydrogens is 317 g/mol. The monoisotopic (exact) mass is 335 g/mol. The van der Waals surface area contributed by atoms with E-state index in [1.165, 1.54) is 6.07 Å². The topological polar surface area (TPSA) is 41.3 Å². The molecule has 0 unspecified atom stereocenters. The van der Waals surface area contributed by atoms with Crippen molar-refractivity contribution in [2.45, 2.75) is 20.2 Å². The number of halogens is 1. The summed E-state index contributed by atoms with van der Waals surface area (Å²) in [5.41, 5.74) is 4.04. The second-order valence-corrected chi connectivity index (χ2v) is 6.02. The summed E-state index contributed by atoms with van der Waals surface area (Å²) >= 11 is 0. The van der Waals surface area contributed by atoms with Gasteiger partial charge in [0.15, 0.2) is 0 Å². The number of hydrogen-bond donors (Lipinski definition) is 1. The summed E-state index contributed by atoms with van der Waals surface area (Å²) in [4.78, 5) is 6.66. The van der Waals surface area contributed by atoms with Crippen molar-refractivity contribution in [3.05, 3.63) is 77.6 Å². The minimum Gasteiger partial charge on any atom is -0.391 e. The zero-order chi connectivity index (χ0) is 17.4. The van der Waals surface area contributed by atoms with Crippen molar-refractivity contribution in [1.82, 2.24) is 9.55 Å². The summed E-state index contributed by atoms with van der Waals surface area (Å²) in [5.74, 6) is 0.473. The molecule has 0 bridgehead atoms. The van der Waals surface area contributed by atoms with Gasteiger partial charge in [0.25, 0.3) is 0 Å². The largest absolute Gasteiger partial charge is 0.391 e. The number of imidazole rings is 1. The average Bonchev–Trinajstić information content (AvgIpc) is 2.98. The summed E-state index contributed by atoms with van der Waals surface area (Å²) in [6.45, 7) is 2.22. The van der Waals surface area contributed by atoms with E-state index in [-0.39, 0.29) is 6.61 Å². The maximum absolute atomic E-state index is 14.0. The Bertz CT molecular complexity index is 947. The Morgan fingerprint density at radius 3 is 2.68 bits per heavy atom. The molecule has 0 radical (unpaired) electrons. The third-order valence-corrected chi connectivity index (χ3v) is 4.56. The molecule has 5 heteroatoms. The lowest BCUT2D eigenvalue weighted by atomic mass is 10.1. The van der Waals surface area contributed by atoms with Crippen LogP contribution in [0.2, 0.25) is 0 Å². The molecule has 0 fully saturated rings. The van der Waals surface area contributed by atoms with Crippen LogP contribution < -0.4 is 4.90 Å². The molecular formula is C20H18FN3O. The van der Waals surface area contributed by atoms with E-state index in [1.807, 2.05) is 60.5 Å². The molecule has 1 aliphatic rings. The minimum atomic E-state index is -0.397. The number of anilines is 1. The third kappa shape index (κ3) is 2.62. The van der Waals surface area contributed by atoms with Crippen LogP contribution in [0.4, 0.5) is 10.1 Å². The molecule has 0 atom stereocenters. The Morgan fingerprint density at radius 2 is 1.92 bits per heavy atom. The fourth-order valence-electron chi connectivity index (χ4n) is 3.22. The molecule has 1 aromatic heterocycles. The van der Waals surface area contributed by atoms with E-state index in [1.54, 1.807) is 6.07 Å². The molecule has 4 rings (SSSR count). The molecule has 0 saturated carbocycles. The molecule has 126 valence electrons. The Kier molecular flexibility index (Phi) is 3.86. The van der Waals surface area contributed by atoms with Crippen LogP contribution in [-0.4, -0.2) is 14.7 Å². The fraction of sp³-hybridized carbons (Fsp3) is 0.150. The number of aliphatic hydroxyl groups is 1. The Balaban J connectivity index is 1.73. The quantitative estimate of drug-likeness (QED) is 0.788. The zero-order valence-corrected chi connectivity index (χ0v) is 13.9. The number of benzene rings is 2. The number of hydrogen-bond acceptors (Lipinski definition) is 3.